The number of rotatable bonds is 13. The second-order valence-electron chi connectivity index (χ2n) is 8.15. The molecule has 3 amide bonds. The van der Waals surface area contributed by atoms with Crippen LogP contribution < -0.4 is 10.0 Å². The zero-order chi connectivity index (χ0) is 27.4. The van der Waals surface area contributed by atoms with Crippen LogP contribution in [0.2, 0.25) is 0 Å². The first-order chi connectivity index (χ1) is 17.6. The Morgan fingerprint density at radius 2 is 1.62 bits per heavy atom. The van der Waals surface area contributed by atoms with Crippen LogP contribution in [0.25, 0.3) is 0 Å². The molecular weight excluding hydrogens is 500 g/mol. The molecule has 2 rings (SSSR count). The summed E-state index contributed by atoms with van der Waals surface area (Å²) in [7, 11) is -3.12. The van der Waals surface area contributed by atoms with Crippen molar-refractivity contribution in [3.05, 3.63) is 59.4 Å². The van der Waals surface area contributed by atoms with Crippen molar-refractivity contribution in [1.82, 2.24) is 19.9 Å². The second-order valence-corrected chi connectivity index (χ2v) is 9.84. The lowest BCUT2D eigenvalue weighted by Crippen LogP contribution is -2.34. The molecule has 37 heavy (non-hydrogen) atoms. The molecule has 0 fully saturated rings. The summed E-state index contributed by atoms with van der Waals surface area (Å²) >= 11 is 0. The van der Waals surface area contributed by atoms with Crippen LogP contribution in [0.15, 0.2) is 47.5 Å². The molecule has 0 spiro atoms. The summed E-state index contributed by atoms with van der Waals surface area (Å²) in [5, 5.41) is 2.30. The summed E-state index contributed by atoms with van der Waals surface area (Å²) in [5.74, 6) is -2.54. The molecule has 0 atom stereocenters. The maximum absolute atomic E-state index is 13.0. The number of methoxy groups -OCH3 is 1. The molecule has 0 aliphatic carbocycles. The van der Waals surface area contributed by atoms with Crippen molar-refractivity contribution in [1.29, 1.82) is 0 Å². The molecule has 0 radical (unpaired) electrons. The van der Waals surface area contributed by atoms with E-state index >= 15 is 0 Å². The van der Waals surface area contributed by atoms with Crippen LogP contribution in [-0.2, 0) is 19.6 Å². The number of benzene rings is 1. The van der Waals surface area contributed by atoms with Gasteiger partial charge in [0.15, 0.2) is 0 Å². The minimum absolute atomic E-state index is 0.0785. The van der Waals surface area contributed by atoms with Crippen molar-refractivity contribution in [3.8, 4) is 0 Å². The number of pyridine rings is 1. The molecule has 0 bridgehead atoms. The lowest BCUT2D eigenvalue weighted by Gasteiger charge is -2.22. The molecule has 200 valence electrons. The van der Waals surface area contributed by atoms with Gasteiger partial charge in [0, 0.05) is 24.8 Å². The van der Waals surface area contributed by atoms with Crippen LogP contribution in [0.1, 0.15) is 70.7 Å². The number of hydrogen-bond donors (Lipinski definition) is 2. The van der Waals surface area contributed by atoms with Crippen molar-refractivity contribution in [3.63, 3.8) is 0 Å². The Bertz CT molecular complexity index is 1210. The molecule has 0 unspecified atom stereocenters. The largest absolute Gasteiger partial charge is 0.468 e. The van der Waals surface area contributed by atoms with Gasteiger partial charge in [0.1, 0.15) is 12.2 Å². The fourth-order valence-electron chi connectivity index (χ4n) is 3.21. The predicted molar refractivity (Wildman–Crippen MR) is 135 cm³/mol. The molecule has 1 heterocycles. The Morgan fingerprint density at radius 1 is 0.946 bits per heavy atom. The molecule has 2 N–H and O–H groups in total. The van der Waals surface area contributed by atoms with E-state index in [1.165, 1.54) is 37.4 Å². The minimum atomic E-state index is -4.30. The van der Waals surface area contributed by atoms with E-state index in [0.717, 1.165) is 31.9 Å². The number of hydrogen-bond acceptors (Lipinski definition) is 8. The van der Waals surface area contributed by atoms with Gasteiger partial charge in [-0.05, 0) is 43.2 Å². The van der Waals surface area contributed by atoms with Gasteiger partial charge >= 0.3 is 5.97 Å². The number of nitrogens with zero attached hydrogens (tertiary/aromatic N) is 2. The van der Waals surface area contributed by atoms with Gasteiger partial charge in [-0.3, -0.25) is 24.2 Å². The quantitative estimate of drug-likeness (QED) is 0.372. The van der Waals surface area contributed by atoms with Crippen molar-refractivity contribution < 1.29 is 32.3 Å². The second kappa shape index (κ2) is 14.1. The molecule has 0 aliphatic heterocycles. The third-order valence-corrected chi connectivity index (χ3v) is 6.68. The maximum Gasteiger partial charge on any atom is 0.325 e. The van der Waals surface area contributed by atoms with Crippen molar-refractivity contribution in [2.75, 3.05) is 26.7 Å². The number of carbonyl (C=O) groups excluding carboxylic acids is 4. The number of esters is 1. The zero-order valence-electron chi connectivity index (χ0n) is 21.2. The molecule has 0 aliphatic rings. The van der Waals surface area contributed by atoms with E-state index in [-0.39, 0.29) is 34.2 Å². The number of sulfonamides is 1. The highest BCUT2D eigenvalue weighted by Gasteiger charge is 2.22. The highest BCUT2D eigenvalue weighted by atomic mass is 32.2. The van der Waals surface area contributed by atoms with Gasteiger partial charge in [-0.25, -0.2) is 13.1 Å². The number of amides is 3. The Balaban J connectivity index is 2.13. The highest BCUT2D eigenvalue weighted by Crippen LogP contribution is 2.15. The molecular formula is C25H32N4O7S. The first-order valence-corrected chi connectivity index (χ1v) is 13.4. The summed E-state index contributed by atoms with van der Waals surface area (Å²) in [6, 6.07) is 7.98. The van der Waals surface area contributed by atoms with Gasteiger partial charge in [0.2, 0.25) is 0 Å². The van der Waals surface area contributed by atoms with Crippen LogP contribution in [0.5, 0.6) is 0 Å². The fourth-order valence-corrected chi connectivity index (χ4v) is 4.23. The van der Waals surface area contributed by atoms with Gasteiger partial charge in [0.05, 0.1) is 17.6 Å². The average Bonchev–Trinajstić information content (AvgIpc) is 2.91. The van der Waals surface area contributed by atoms with Crippen LogP contribution >= 0.6 is 0 Å². The number of unbranched alkanes of at least 4 members (excludes halogenated alkanes) is 2. The third-order valence-electron chi connectivity index (χ3n) is 5.35. The fraction of sp³-hybridized carbons (Fsp3) is 0.400. The number of carbonyl (C=O) groups is 4. The molecule has 2 aromatic rings. The first-order valence-electron chi connectivity index (χ1n) is 11.9. The average molecular weight is 533 g/mol. The van der Waals surface area contributed by atoms with E-state index in [1.807, 2.05) is 18.6 Å². The van der Waals surface area contributed by atoms with E-state index in [9.17, 15) is 27.6 Å². The molecule has 0 saturated carbocycles. The van der Waals surface area contributed by atoms with Crippen molar-refractivity contribution in [2.45, 2.75) is 44.4 Å². The Kier molecular flexibility index (Phi) is 11.2. The van der Waals surface area contributed by atoms with Gasteiger partial charge in [0.25, 0.3) is 27.7 Å². The third kappa shape index (κ3) is 8.67. The van der Waals surface area contributed by atoms with Gasteiger partial charge in [-0.15, -0.1) is 0 Å². The van der Waals surface area contributed by atoms with Crippen molar-refractivity contribution >= 4 is 33.7 Å². The molecule has 1 aromatic heterocycles. The van der Waals surface area contributed by atoms with Crippen molar-refractivity contribution in [2.24, 2.45) is 0 Å². The Hall–Kier alpha value is -3.80. The maximum atomic E-state index is 13.0. The van der Waals surface area contributed by atoms with Gasteiger partial charge < -0.3 is 15.0 Å². The van der Waals surface area contributed by atoms with Gasteiger partial charge in [-0.1, -0.05) is 32.8 Å². The smallest absolute Gasteiger partial charge is 0.325 e. The van der Waals surface area contributed by atoms with E-state index in [1.54, 1.807) is 11.0 Å². The summed E-state index contributed by atoms with van der Waals surface area (Å²) in [4.78, 5) is 54.1. The Morgan fingerprint density at radius 3 is 2.19 bits per heavy atom. The van der Waals surface area contributed by atoms with E-state index in [4.69, 9.17) is 0 Å². The lowest BCUT2D eigenvalue weighted by molar-refractivity contribution is -0.139. The monoisotopic (exact) mass is 532 g/mol. The lowest BCUT2D eigenvalue weighted by atomic mass is 10.1. The predicted octanol–water partition coefficient (Wildman–Crippen LogP) is 2.15. The van der Waals surface area contributed by atoms with E-state index in [0.29, 0.717) is 13.1 Å². The van der Waals surface area contributed by atoms with Crippen LogP contribution in [-0.4, -0.2) is 68.7 Å². The van der Waals surface area contributed by atoms with Crippen LogP contribution in [0, 0.1) is 0 Å². The zero-order valence-corrected chi connectivity index (χ0v) is 22.0. The Labute approximate surface area is 216 Å². The topological polar surface area (TPSA) is 152 Å². The molecule has 1 aromatic carbocycles. The SMILES string of the molecule is CCCCN(CCCC)C(=O)c1cccc(S(=O)(=O)NC(=O)c2ccc(C(=O)NCC(=O)OC)nc2)c1. The number of ether oxygens (including phenoxy) is 1. The summed E-state index contributed by atoms with van der Waals surface area (Å²) < 4.78 is 32.1. The normalized spacial score (nSPS) is 10.9. The van der Waals surface area contributed by atoms with Gasteiger partial charge in [-0.2, -0.15) is 0 Å². The molecule has 12 heteroatoms. The van der Waals surface area contributed by atoms with E-state index < -0.39 is 27.8 Å². The van der Waals surface area contributed by atoms with E-state index in [2.05, 4.69) is 15.0 Å². The summed E-state index contributed by atoms with van der Waals surface area (Å²) in [6.07, 6.45) is 4.55. The first kappa shape index (κ1) is 29.4. The highest BCUT2D eigenvalue weighted by molar-refractivity contribution is 7.90. The van der Waals surface area contributed by atoms with Crippen LogP contribution in [0.3, 0.4) is 0 Å². The standard InChI is InChI=1S/C25H32N4O7S/c1-4-6-13-29(14-7-5-2)25(33)18-9-8-10-20(15-18)37(34,35)28-23(31)19-11-12-21(26-16-19)24(32)27-17-22(30)36-3/h8-12,15-16H,4-7,13-14,17H2,1-3H3,(H,27,32)(H,28,31). The minimum Gasteiger partial charge on any atom is -0.468 e. The number of nitrogens with one attached hydrogen (secondary N) is 2. The summed E-state index contributed by atoms with van der Waals surface area (Å²) in [5.41, 5.74) is 0.0300. The number of aromatic nitrogens is 1. The summed E-state index contributed by atoms with van der Waals surface area (Å²) in [6.45, 7) is 4.86. The molecule has 11 nitrogen and oxygen atoms in total. The van der Waals surface area contributed by atoms with Crippen LogP contribution in [0.4, 0.5) is 0 Å². The molecule has 0 saturated heterocycles.